The Balaban J connectivity index is 1.35. The molecule has 2 aromatic carbocycles. The lowest BCUT2D eigenvalue weighted by Gasteiger charge is -2.26. The van der Waals surface area contributed by atoms with Crippen LogP contribution in [0.2, 0.25) is 0 Å². The van der Waals surface area contributed by atoms with Crippen LogP contribution in [0.1, 0.15) is 29.2 Å². The van der Waals surface area contributed by atoms with E-state index in [4.69, 9.17) is 9.47 Å². The first-order valence-electron chi connectivity index (χ1n) is 9.09. The van der Waals surface area contributed by atoms with E-state index in [1.165, 1.54) is 30.0 Å². The molecule has 2 aliphatic heterocycles. The smallest absolute Gasteiger partial charge is 0.315 e. The van der Waals surface area contributed by atoms with Crippen LogP contribution in [0.4, 0.5) is 13.6 Å². The SMILES string of the molecule is O=C(NCCc1cc(F)cc2c1OCOC2)N[C@H]1CCSc2c(F)cccc21. The average Bonchev–Trinajstić information content (AvgIpc) is 2.68. The summed E-state index contributed by atoms with van der Waals surface area (Å²) in [4.78, 5) is 12.9. The molecule has 0 fully saturated rings. The van der Waals surface area contributed by atoms with Crippen LogP contribution in [-0.4, -0.2) is 25.1 Å². The molecule has 0 saturated carbocycles. The number of thioether (sulfide) groups is 1. The molecule has 0 bridgehead atoms. The van der Waals surface area contributed by atoms with Crippen LogP contribution in [0.15, 0.2) is 35.2 Å². The van der Waals surface area contributed by atoms with Crippen molar-refractivity contribution >= 4 is 17.8 Å². The number of halogens is 2. The van der Waals surface area contributed by atoms with Crippen LogP contribution in [-0.2, 0) is 17.8 Å². The van der Waals surface area contributed by atoms with Crippen molar-refractivity contribution in [2.75, 3.05) is 19.1 Å². The van der Waals surface area contributed by atoms with Gasteiger partial charge in [-0.2, -0.15) is 0 Å². The van der Waals surface area contributed by atoms with Crippen molar-refractivity contribution in [3.63, 3.8) is 0 Å². The van der Waals surface area contributed by atoms with E-state index < -0.39 is 0 Å². The minimum Gasteiger partial charge on any atom is -0.467 e. The van der Waals surface area contributed by atoms with E-state index in [2.05, 4.69) is 10.6 Å². The number of hydrogen-bond acceptors (Lipinski definition) is 4. The summed E-state index contributed by atoms with van der Waals surface area (Å²) in [5.74, 6) is 0.761. The van der Waals surface area contributed by atoms with Crippen molar-refractivity contribution in [3.8, 4) is 5.75 Å². The maximum atomic E-state index is 13.9. The lowest BCUT2D eigenvalue weighted by molar-refractivity contribution is -0.0172. The summed E-state index contributed by atoms with van der Waals surface area (Å²) in [6.07, 6.45) is 1.17. The molecule has 2 aromatic rings. The fourth-order valence-electron chi connectivity index (χ4n) is 3.50. The highest BCUT2D eigenvalue weighted by Gasteiger charge is 2.24. The Kier molecular flexibility index (Phi) is 5.68. The number of ether oxygens (including phenoxy) is 2. The van der Waals surface area contributed by atoms with Crippen LogP contribution in [0.3, 0.4) is 0 Å². The number of carbonyl (C=O) groups excluding carboxylic acids is 1. The van der Waals surface area contributed by atoms with E-state index in [1.54, 1.807) is 6.07 Å². The Morgan fingerprint density at radius 2 is 2.18 bits per heavy atom. The number of amides is 2. The second-order valence-electron chi connectivity index (χ2n) is 6.66. The summed E-state index contributed by atoms with van der Waals surface area (Å²) in [6.45, 7) is 0.766. The van der Waals surface area contributed by atoms with Gasteiger partial charge in [0.05, 0.1) is 12.6 Å². The first-order chi connectivity index (χ1) is 13.6. The Bertz CT molecular complexity index is 894. The Morgan fingerprint density at radius 3 is 3.07 bits per heavy atom. The van der Waals surface area contributed by atoms with Gasteiger partial charge in [0.2, 0.25) is 0 Å². The molecule has 0 unspecified atom stereocenters. The van der Waals surface area contributed by atoms with E-state index in [0.717, 1.165) is 17.7 Å². The maximum Gasteiger partial charge on any atom is 0.315 e. The largest absolute Gasteiger partial charge is 0.467 e. The van der Waals surface area contributed by atoms with Crippen LogP contribution < -0.4 is 15.4 Å². The summed E-state index contributed by atoms with van der Waals surface area (Å²) in [5, 5.41) is 5.70. The predicted molar refractivity (Wildman–Crippen MR) is 101 cm³/mol. The summed E-state index contributed by atoms with van der Waals surface area (Å²) in [7, 11) is 0. The van der Waals surface area contributed by atoms with Crippen molar-refractivity contribution in [2.45, 2.75) is 30.4 Å². The van der Waals surface area contributed by atoms with Gasteiger partial charge in [-0.25, -0.2) is 13.6 Å². The van der Waals surface area contributed by atoms with Gasteiger partial charge in [0.15, 0.2) is 6.79 Å². The third kappa shape index (κ3) is 4.07. The van der Waals surface area contributed by atoms with Crippen molar-refractivity contribution < 1.29 is 23.0 Å². The molecule has 0 spiro atoms. The lowest BCUT2D eigenvalue weighted by Crippen LogP contribution is -2.40. The molecule has 2 N–H and O–H groups in total. The highest BCUT2D eigenvalue weighted by Crippen LogP contribution is 2.37. The van der Waals surface area contributed by atoms with E-state index in [-0.39, 0.29) is 30.5 Å². The summed E-state index contributed by atoms with van der Waals surface area (Å²) in [5.41, 5.74) is 2.17. The molecule has 2 heterocycles. The Morgan fingerprint density at radius 1 is 1.29 bits per heavy atom. The molecule has 0 aromatic heterocycles. The van der Waals surface area contributed by atoms with E-state index in [0.29, 0.717) is 41.3 Å². The molecule has 2 amide bonds. The minimum atomic E-state index is -0.356. The zero-order valence-electron chi connectivity index (χ0n) is 15.1. The van der Waals surface area contributed by atoms with Gasteiger partial charge in [-0.1, -0.05) is 12.1 Å². The monoisotopic (exact) mass is 406 g/mol. The number of urea groups is 1. The summed E-state index contributed by atoms with van der Waals surface area (Å²) in [6, 6.07) is 7.19. The fourth-order valence-corrected chi connectivity index (χ4v) is 4.64. The quantitative estimate of drug-likeness (QED) is 0.808. The second-order valence-corrected chi connectivity index (χ2v) is 7.77. The number of benzene rings is 2. The summed E-state index contributed by atoms with van der Waals surface area (Å²) >= 11 is 1.47. The van der Waals surface area contributed by atoms with Gasteiger partial charge >= 0.3 is 6.03 Å². The highest BCUT2D eigenvalue weighted by molar-refractivity contribution is 7.99. The third-order valence-corrected chi connectivity index (χ3v) is 5.92. The number of hydrogen-bond donors (Lipinski definition) is 2. The zero-order valence-corrected chi connectivity index (χ0v) is 15.9. The van der Waals surface area contributed by atoms with Crippen molar-refractivity contribution in [3.05, 3.63) is 58.7 Å². The van der Waals surface area contributed by atoms with Crippen molar-refractivity contribution in [1.29, 1.82) is 0 Å². The van der Waals surface area contributed by atoms with Crippen LogP contribution >= 0.6 is 11.8 Å². The van der Waals surface area contributed by atoms with E-state index in [1.807, 2.05) is 6.07 Å². The first kappa shape index (κ1) is 19.0. The van der Waals surface area contributed by atoms with Gasteiger partial charge in [-0.05, 0) is 42.2 Å². The molecule has 0 radical (unpaired) electrons. The molecule has 5 nitrogen and oxygen atoms in total. The fraction of sp³-hybridized carbons (Fsp3) is 0.350. The molecule has 28 heavy (non-hydrogen) atoms. The van der Waals surface area contributed by atoms with Crippen LogP contribution in [0, 0.1) is 11.6 Å². The highest BCUT2D eigenvalue weighted by atomic mass is 32.2. The van der Waals surface area contributed by atoms with E-state index >= 15 is 0 Å². The van der Waals surface area contributed by atoms with Crippen LogP contribution in [0.5, 0.6) is 5.75 Å². The maximum absolute atomic E-state index is 13.9. The van der Waals surface area contributed by atoms with Gasteiger partial charge in [0.25, 0.3) is 0 Å². The van der Waals surface area contributed by atoms with Gasteiger partial charge in [0, 0.05) is 22.8 Å². The van der Waals surface area contributed by atoms with Crippen molar-refractivity contribution in [2.24, 2.45) is 0 Å². The molecule has 0 saturated heterocycles. The average molecular weight is 406 g/mol. The summed E-state index contributed by atoms with van der Waals surface area (Å²) < 4.78 is 38.4. The zero-order chi connectivity index (χ0) is 19.5. The molecule has 0 aliphatic carbocycles. The van der Waals surface area contributed by atoms with Crippen molar-refractivity contribution in [1.82, 2.24) is 10.6 Å². The number of nitrogens with one attached hydrogen (secondary N) is 2. The molecular weight excluding hydrogens is 386 g/mol. The van der Waals surface area contributed by atoms with Gasteiger partial charge in [-0.3, -0.25) is 0 Å². The van der Waals surface area contributed by atoms with Gasteiger partial charge in [0.1, 0.15) is 17.4 Å². The van der Waals surface area contributed by atoms with Gasteiger partial charge < -0.3 is 20.1 Å². The normalized spacial score (nSPS) is 17.9. The Labute approximate surface area is 165 Å². The topological polar surface area (TPSA) is 59.6 Å². The van der Waals surface area contributed by atoms with Gasteiger partial charge in [-0.15, -0.1) is 11.8 Å². The first-order valence-corrected chi connectivity index (χ1v) is 10.1. The number of fused-ring (bicyclic) bond motifs is 2. The van der Waals surface area contributed by atoms with E-state index in [9.17, 15) is 13.6 Å². The standard InChI is InChI=1S/C20H20F2N2O3S/c21-14-8-12(18-13(9-14)10-26-11-27-18)4-6-23-20(25)24-17-5-7-28-19-15(17)2-1-3-16(19)22/h1-3,8-9,17H,4-7,10-11H2,(H2,23,24,25)/t17-/m0/s1. The molecule has 2 aliphatic rings. The molecule has 8 heteroatoms. The van der Waals surface area contributed by atoms with Crippen LogP contribution in [0.25, 0.3) is 0 Å². The molecule has 1 atom stereocenters. The lowest BCUT2D eigenvalue weighted by atomic mass is 10.0. The molecule has 148 valence electrons. The number of carbonyl (C=O) groups is 1. The Hall–Kier alpha value is -2.32. The third-order valence-electron chi connectivity index (χ3n) is 4.76. The minimum absolute atomic E-state index is 0.134. The number of rotatable bonds is 4. The second kappa shape index (κ2) is 8.36. The molecule has 4 rings (SSSR count). The predicted octanol–water partition coefficient (Wildman–Crippen LogP) is 3.91. The molecular formula is C20H20F2N2O3S.